The first-order chi connectivity index (χ1) is 9.13. The summed E-state index contributed by atoms with van der Waals surface area (Å²) >= 11 is 5.14. The topological polar surface area (TPSA) is 52.9 Å². The number of halogens is 1. The number of amides is 1. The van der Waals surface area contributed by atoms with E-state index in [2.05, 4.69) is 33.4 Å². The van der Waals surface area contributed by atoms with Crippen LogP contribution in [0.4, 0.5) is 0 Å². The van der Waals surface area contributed by atoms with Gasteiger partial charge in [0.2, 0.25) is 5.91 Å². The smallest absolute Gasteiger partial charge is 0.221 e. The number of nitrogens with zero attached hydrogens (tertiary/aromatic N) is 1. The van der Waals surface area contributed by atoms with Crippen LogP contribution in [0.15, 0.2) is 15.9 Å². The maximum Gasteiger partial charge on any atom is 0.221 e. The van der Waals surface area contributed by atoms with Crippen LogP contribution in [-0.4, -0.2) is 11.4 Å². The van der Waals surface area contributed by atoms with Gasteiger partial charge < -0.3 is 5.32 Å². The quantitative estimate of drug-likeness (QED) is 0.886. The molecular formula is C14H17BrN2OS. The summed E-state index contributed by atoms with van der Waals surface area (Å²) in [7, 11) is 0. The Kier molecular flexibility index (Phi) is 5.00. The van der Waals surface area contributed by atoms with Gasteiger partial charge in [-0.25, -0.2) is 0 Å². The van der Waals surface area contributed by atoms with Crippen LogP contribution < -0.4 is 5.32 Å². The molecule has 19 heavy (non-hydrogen) atoms. The second kappa shape index (κ2) is 6.53. The van der Waals surface area contributed by atoms with Crippen molar-refractivity contribution in [3.05, 3.63) is 20.8 Å². The Bertz CT molecular complexity index is 486. The van der Waals surface area contributed by atoms with E-state index in [4.69, 9.17) is 0 Å². The second-order valence-electron chi connectivity index (χ2n) is 5.01. The zero-order valence-corrected chi connectivity index (χ0v) is 13.1. The number of carbonyl (C=O) groups excluding carboxylic acids is 1. The number of nitrogens with one attached hydrogen (secondary N) is 1. The minimum atomic E-state index is -0.580. The predicted molar refractivity (Wildman–Crippen MR) is 79.9 cm³/mol. The minimum Gasteiger partial charge on any atom is -0.338 e. The summed E-state index contributed by atoms with van der Waals surface area (Å²) in [6.07, 6.45) is 5.93. The van der Waals surface area contributed by atoms with Gasteiger partial charge in [0.15, 0.2) is 0 Å². The minimum absolute atomic E-state index is 0.0130. The van der Waals surface area contributed by atoms with Gasteiger partial charge in [0.25, 0.3) is 0 Å². The summed E-state index contributed by atoms with van der Waals surface area (Å²) in [5.74, 6) is 0.0130. The standard InChI is InChI=1S/C14H17BrN2OS/c15-12-7-6-11(19-12)4-3-5-13(18)17-14(10-16)8-1-2-9-14/h6-7H,1-5,8-9H2,(H,17,18). The van der Waals surface area contributed by atoms with E-state index in [-0.39, 0.29) is 5.91 Å². The third-order valence-corrected chi connectivity index (χ3v) is 5.19. The van der Waals surface area contributed by atoms with Crippen LogP contribution in [-0.2, 0) is 11.2 Å². The lowest BCUT2D eigenvalue weighted by molar-refractivity contribution is -0.122. The summed E-state index contributed by atoms with van der Waals surface area (Å²) in [6, 6.07) is 6.40. The first-order valence-corrected chi connectivity index (χ1v) is 8.21. The molecule has 0 unspecified atom stereocenters. The molecule has 0 bridgehead atoms. The molecule has 3 nitrogen and oxygen atoms in total. The first-order valence-electron chi connectivity index (χ1n) is 6.60. The van der Waals surface area contributed by atoms with Crippen molar-refractivity contribution in [2.24, 2.45) is 0 Å². The molecule has 5 heteroatoms. The zero-order chi connectivity index (χ0) is 13.7. The Morgan fingerprint density at radius 1 is 1.47 bits per heavy atom. The van der Waals surface area contributed by atoms with Gasteiger partial charge in [-0.3, -0.25) is 4.79 Å². The van der Waals surface area contributed by atoms with Crippen LogP contribution in [0.1, 0.15) is 43.4 Å². The molecule has 1 fully saturated rings. The second-order valence-corrected chi connectivity index (χ2v) is 7.56. The molecule has 0 saturated heterocycles. The van der Waals surface area contributed by atoms with Crippen molar-refractivity contribution in [2.75, 3.05) is 0 Å². The molecule has 0 aromatic carbocycles. The molecule has 1 aliphatic carbocycles. The van der Waals surface area contributed by atoms with E-state index < -0.39 is 5.54 Å². The molecule has 1 aliphatic rings. The van der Waals surface area contributed by atoms with E-state index in [0.29, 0.717) is 6.42 Å². The Morgan fingerprint density at radius 2 is 2.21 bits per heavy atom. The summed E-state index contributed by atoms with van der Waals surface area (Å²) < 4.78 is 1.13. The summed E-state index contributed by atoms with van der Waals surface area (Å²) in [5.41, 5.74) is -0.580. The Labute approximate surface area is 126 Å². The lowest BCUT2D eigenvalue weighted by atomic mass is 9.99. The van der Waals surface area contributed by atoms with Gasteiger partial charge >= 0.3 is 0 Å². The van der Waals surface area contributed by atoms with Crippen LogP contribution in [0.2, 0.25) is 0 Å². The summed E-state index contributed by atoms with van der Waals surface area (Å²) in [4.78, 5) is 13.2. The molecule has 0 aliphatic heterocycles. The molecule has 1 N–H and O–H groups in total. The van der Waals surface area contributed by atoms with E-state index in [1.165, 1.54) is 4.88 Å². The average Bonchev–Trinajstić information content (AvgIpc) is 2.99. The average molecular weight is 341 g/mol. The number of thiophene rings is 1. The Morgan fingerprint density at radius 3 is 2.79 bits per heavy atom. The fourth-order valence-corrected chi connectivity index (χ4v) is 4.01. The van der Waals surface area contributed by atoms with Gasteiger partial charge in [-0.05, 0) is 66.6 Å². The molecular weight excluding hydrogens is 324 g/mol. The molecule has 1 aromatic rings. The highest BCUT2D eigenvalue weighted by Gasteiger charge is 2.34. The molecule has 0 spiro atoms. The summed E-state index contributed by atoms with van der Waals surface area (Å²) in [6.45, 7) is 0. The van der Waals surface area contributed by atoms with Crippen LogP contribution >= 0.6 is 27.3 Å². The maximum atomic E-state index is 11.9. The number of carbonyl (C=O) groups is 1. The fraction of sp³-hybridized carbons (Fsp3) is 0.571. The third kappa shape index (κ3) is 4.05. The number of hydrogen-bond acceptors (Lipinski definition) is 3. The van der Waals surface area contributed by atoms with E-state index in [1.54, 1.807) is 11.3 Å². The molecule has 1 saturated carbocycles. The van der Waals surface area contributed by atoms with E-state index in [1.807, 2.05) is 6.07 Å². The van der Waals surface area contributed by atoms with Gasteiger partial charge in [-0.15, -0.1) is 11.3 Å². The number of hydrogen-bond donors (Lipinski definition) is 1. The molecule has 0 atom stereocenters. The highest BCUT2D eigenvalue weighted by atomic mass is 79.9. The normalized spacial score (nSPS) is 17.1. The molecule has 1 aromatic heterocycles. The third-order valence-electron chi connectivity index (χ3n) is 3.51. The van der Waals surface area contributed by atoms with E-state index in [9.17, 15) is 10.1 Å². The molecule has 1 amide bonds. The predicted octanol–water partition coefficient (Wildman–Crippen LogP) is 3.79. The van der Waals surface area contributed by atoms with Crippen LogP contribution in [0.25, 0.3) is 0 Å². The monoisotopic (exact) mass is 340 g/mol. The Hall–Kier alpha value is -0.860. The Balaban J connectivity index is 1.74. The molecule has 102 valence electrons. The van der Waals surface area contributed by atoms with Gasteiger partial charge in [-0.2, -0.15) is 5.26 Å². The van der Waals surface area contributed by atoms with Crippen molar-refractivity contribution in [1.82, 2.24) is 5.32 Å². The zero-order valence-electron chi connectivity index (χ0n) is 10.7. The molecule has 0 radical (unpaired) electrons. The van der Waals surface area contributed by atoms with Crippen LogP contribution in [0.5, 0.6) is 0 Å². The number of aryl methyl sites for hydroxylation is 1. The van der Waals surface area contributed by atoms with Crippen molar-refractivity contribution in [2.45, 2.75) is 50.5 Å². The van der Waals surface area contributed by atoms with E-state index >= 15 is 0 Å². The highest BCUT2D eigenvalue weighted by Crippen LogP contribution is 2.29. The highest BCUT2D eigenvalue weighted by molar-refractivity contribution is 9.11. The molecule has 2 rings (SSSR count). The maximum absolute atomic E-state index is 11.9. The van der Waals surface area contributed by atoms with Gasteiger partial charge in [-0.1, -0.05) is 0 Å². The SMILES string of the molecule is N#CC1(NC(=O)CCCc2ccc(Br)s2)CCCC1. The number of rotatable bonds is 5. The van der Waals surface area contributed by atoms with Crippen molar-refractivity contribution < 1.29 is 4.79 Å². The fourth-order valence-electron chi connectivity index (χ4n) is 2.48. The molecule has 1 heterocycles. The first kappa shape index (κ1) is 14.5. The number of nitriles is 1. The van der Waals surface area contributed by atoms with Gasteiger partial charge in [0.05, 0.1) is 9.86 Å². The van der Waals surface area contributed by atoms with Crippen LogP contribution in [0, 0.1) is 11.3 Å². The van der Waals surface area contributed by atoms with Crippen molar-refractivity contribution in [3.63, 3.8) is 0 Å². The van der Waals surface area contributed by atoms with Crippen molar-refractivity contribution in [3.8, 4) is 6.07 Å². The van der Waals surface area contributed by atoms with Crippen molar-refractivity contribution >= 4 is 33.2 Å². The van der Waals surface area contributed by atoms with Gasteiger partial charge in [0, 0.05) is 11.3 Å². The lowest BCUT2D eigenvalue weighted by Crippen LogP contribution is -2.45. The van der Waals surface area contributed by atoms with E-state index in [0.717, 1.165) is 42.3 Å². The lowest BCUT2D eigenvalue weighted by Gasteiger charge is -2.21. The summed E-state index contributed by atoms with van der Waals surface area (Å²) in [5, 5.41) is 12.1. The van der Waals surface area contributed by atoms with Gasteiger partial charge in [0.1, 0.15) is 5.54 Å². The van der Waals surface area contributed by atoms with Crippen LogP contribution in [0.3, 0.4) is 0 Å². The largest absolute Gasteiger partial charge is 0.338 e. The van der Waals surface area contributed by atoms with Crippen molar-refractivity contribution in [1.29, 1.82) is 5.26 Å².